The second-order valence-corrected chi connectivity index (χ2v) is 4.11. The van der Waals surface area contributed by atoms with E-state index in [1.54, 1.807) is 27.2 Å². The molecule has 0 aromatic heterocycles. The highest BCUT2D eigenvalue weighted by molar-refractivity contribution is 9.10. The monoisotopic (exact) mass is 274 g/mol. The Kier molecular flexibility index (Phi) is 3.99. The van der Waals surface area contributed by atoms with Gasteiger partial charge in [0.1, 0.15) is 11.5 Å². The van der Waals surface area contributed by atoms with Crippen molar-refractivity contribution in [2.75, 3.05) is 14.2 Å². The first-order valence-corrected chi connectivity index (χ1v) is 5.41. The van der Waals surface area contributed by atoms with Gasteiger partial charge < -0.3 is 14.6 Å². The number of halogens is 1. The van der Waals surface area contributed by atoms with Crippen LogP contribution in [0.2, 0.25) is 0 Å². The zero-order chi connectivity index (χ0) is 11.6. The van der Waals surface area contributed by atoms with E-state index in [1.165, 1.54) is 0 Å². The van der Waals surface area contributed by atoms with Crippen LogP contribution in [0.15, 0.2) is 10.5 Å². The third-order valence-electron chi connectivity index (χ3n) is 2.32. The van der Waals surface area contributed by atoms with E-state index in [2.05, 4.69) is 15.9 Å². The summed E-state index contributed by atoms with van der Waals surface area (Å²) in [6, 6.07) is 1.80. The van der Waals surface area contributed by atoms with Gasteiger partial charge in [-0.3, -0.25) is 0 Å². The average molecular weight is 275 g/mol. The molecule has 0 aliphatic carbocycles. The first-order chi connectivity index (χ1) is 7.02. The van der Waals surface area contributed by atoms with Crippen LogP contribution < -0.4 is 9.47 Å². The summed E-state index contributed by atoms with van der Waals surface area (Å²) in [5.74, 6) is 1.39. The molecule has 1 aromatic carbocycles. The fourth-order valence-electron chi connectivity index (χ4n) is 1.45. The number of methoxy groups -OCH3 is 2. The Morgan fingerprint density at radius 2 is 1.93 bits per heavy atom. The second kappa shape index (κ2) is 4.86. The predicted molar refractivity (Wildman–Crippen MR) is 62.6 cm³/mol. The maximum atomic E-state index is 9.61. The van der Waals surface area contributed by atoms with Crippen LogP contribution >= 0.6 is 15.9 Å². The molecule has 1 aromatic rings. The van der Waals surface area contributed by atoms with Crippen LogP contribution in [0.3, 0.4) is 0 Å². The molecule has 1 rings (SSSR count). The molecule has 0 aliphatic heterocycles. The molecule has 0 saturated heterocycles. The smallest absolute Gasteiger partial charge is 0.139 e. The molecule has 0 saturated carbocycles. The SMILES string of the molecule is COc1cc(C(C)O)c(OC)c(Br)c1C. The number of aliphatic hydroxyl groups is 1. The van der Waals surface area contributed by atoms with Crippen LogP contribution in [-0.4, -0.2) is 19.3 Å². The van der Waals surface area contributed by atoms with Crippen molar-refractivity contribution in [3.05, 3.63) is 21.7 Å². The highest BCUT2D eigenvalue weighted by Crippen LogP contribution is 2.40. The fraction of sp³-hybridized carbons (Fsp3) is 0.455. The number of benzene rings is 1. The van der Waals surface area contributed by atoms with E-state index >= 15 is 0 Å². The van der Waals surface area contributed by atoms with Crippen molar-refractivity contribution in [1.82, 2.24) is 0 Å². The summed E-state index contributed by atoms with van der Waals surface area (Å²) in [5.41, 5.74) is 1.67. The largest absolute Gasteiger partial charge is 0.496 e. The van der Waals surface area contributed by atoms with Crippen molar-refractivity contribution in [3.63, 3.8) is 0 Å². The highest BCUT2D eigenvalue weighted by Gasteiger charge is 2.17. The van der Waals surface area contributed by atoms with Gasteiger partial charge in [-0.1, -0.05) is 0 Å². The molecule has 0 amide bonds. The van der Waals surface area contributed by atoms with Crippen LogP contribution in [0, 0.1) is 6.92 Å². The molecule has 1 N–H and O–H groups in total. The van der Waals surface area contributed by atoms with Gasteiger partial charge in [-0.05, 0) is 35.8 Å². The molecule has 0 aliphatic rings. The van der Waals surface area contributed by atoms with Crippen molar-refractivity contribution >= 4 is 15.9 Å². The molecular weight excluding hydrogens is 260 g/mol. The number of rotatable bonds is 3. The predicted octanol–water partition coefficient (Wildman–Crippen LogP) is 2.83. The molecule has 84 valence electrons. The summed E-state index contributed by atoms with van der Waals surface area (Å²) in [6.45, 7) is 3.62. The second-order valence-electron chi connectivity index (χ2n) is 3.32. The van der Waals surface area contributed by atoms with E-state index in [1.807, 2.05) is 6.92 Å². The lowest BCUT2D eigenvalue weighted by Gasteiger charge is -2.17. The normalized spacial score (nSPS) is 12.4. The van der Waals surface area contributed by atoms with Crippen LogP contribution in [0.1, 0.15) is 24.2 Å². The standard InChI is InChI=1S/C11H15BrO3/c1-6-9(14-3)5-8(7(2)13)11(15-4)10(6)12/h5,7,13H,1-4H3. The molecule has 0 heterocycles. The molecule has 0 radical (unpaired) electrons. The van der Waals surface area contributed by atoms with Crippen molar-refractivity contribution in [2.24, 2.45) is 0 Å². The molecule has 1 unspecified atom stereocenters. The molecule has 0 spiro atoms. The first-order valence-electron chi connectivity index (χ1n) is 4.62. The summed E-state index contributed by atoms with van der Waals surface area (Å²) < 4.78 is 11.3. The van der Waals surface area contributed by atoms with Crippen LogP contribution in [0.25, 0.3) is 0 Å². The molecular formula is C11H15BrO3. The third-order valence-corrected chi connectivity index (χ3v) is 3.28. The third kappa shape index (κ3) is 2.26. The molecule has 0 fully saturated rings. The maximum Gasteiger partial charge on any atom is 0.139 e. The first kappa shape index (κ1) is 12.3. The van der Waals surface area contributed by atoms with Gasteiger partial charge in [0, 0.05) is 11.1 Å². The quantitative estimate of drug-likeness (QED) is 0.921. The van der Waals surface area contributed by atoms with Gasteiger partial charge in [-0.25, -0.2) is 0 Å². The lowest BCUT2D eigenvalue weighted by Crippen LogP contribution is -2.00. The lowest BCUT2D eigenvalue weighted by molar-refractivity contribution is 0.193. The van der Waals surface area contributed by atoms with Crippen molar-refractivity contribution in [2.45, 2.75) is 20.0 Å². The number of hydrogen-bond donors (Lipinski definition) is 1. The molecule has 0 bridgehead atoms. The summed E-state index contributed by atoms with van der Waals surface area (Å²) in [6.07, 6.45) is -0.592. The van der Waals surface area contributed by atoms with Crippen molar-refractivity contribution < 1.29 is 14.6 Å². The van der Waals surface area contributed by atoms with Gasteiger partial charge in [0.2, 0.25) is 0 Å². The Morgan fingerprint density at radius 3 is 2.33 bits per heavy atom. The molecule has 3 nitrogen and oxygen atoms in total. The fourth-order valence-corrected chi connectivity index (χ4v) is 2.04. The maximum absolute atomic E-state index is 9.61. The summed E-state index contributed by atoms with van der Waals surface area (Å²) in [5, 5.41) is 9.61. The van der Waals surface area contributed by atoms with Gasteiger partial charge in [0.25, 0.3) is 0 Å². The van der Waals surface area contributed by atoms with Crippen LogP contribution in [-0.2, 0) is 0 Å². The van der Waals surface area contributed by atoms with Gasteiger partial charge in [-0.15, -0.1) is 0 Å². The molecule has 1 atom stereocenters. The lowest BCUT2D eigenvalue weighted by atomic mass is 10.1. The minimum absolute atomic E-state index is 0.592. The number of aliphatic hydroxyl groups excluding tert-OH is 1. The van der Waals surface area contributed by atoms with E-state index in [9.17, 15) is 5.11 Å². The summed E-state index contributed by atoms with van der Waals surface area (Å²) in [7, 11) is 3.19. The van der Waals surface area contributed by atoms with E-state index in [4.69, 9.17) is 9.47 Å². The van der Waals surface area contributed by atoms with E-state index in [-0.39, 0.29) is 0 Å². The van der Waals surface area contributed by atoms with Gasteiger partial charge in [0.05, 0.1) is 24.8 Å². The minimum Gasteiger partial charge on any atom is -0.496 e. The van der Waals surface area contributed by atoms with Crippen molar-refractivity contribution in [1.29, 1.82) is 0 Å². The Labute approximate surface area is 98.1 Å². The Hall–Kier alpha value is -0.740. The summed E-state index contributed by atoms with van der Waals surface area (Å²) in [4.78, 5) is 0. The van der Waals surface area contributed by atoms with Crippen molar-refractivity contribution in [3.8, 4) is 11.5 Å². The van der Waals surface area contributed by atoms with Gasteiger partial charge in [-0.2, -0.15) is 0 Å². The van der Waals surface area contributed by atoms with E-state index < -0.39 is 6.10 Å². The highest BCUT2D eigenvalue weighted by atomic mass is 79.9. The zero-order valence-corrected chi connectivity index (χ0v) is 10.9. The zero-order valence-electron chi connectivity index (χ0n) is 9.30. The van der Waals surface area contributed by atoms with Crippen LogP contribution in [0.4, 0.5) is 0 Å². The van der Waals surface area contributed by atoms with Crippen LogP contribution in [0.5, 0.6) is 11.5 Å². The topological polar surface area (TPSA) is 38.7 Å². The molecule has 15 heavy (non-hydrogen) atoms. The minimum atomic E-state index is -0.592. The van der Waals surface area contributed by atoms with E-state index in [0.29, 0.717) is 11.3 Å². The Morgan fingerprint density at radius 1 is 1.33 bits per heavy atom. The van der Waals surface area contributed by atoms with Gasteiger partial charge >= 0.3 is 0 Å². The summed E-state index contributed by atoms with van der Waals surface area (Å²) >= 11 is 3.44. The Bertz CT molecular complexity index is 361. The number of hydrogen-bond acceptors (Lipinski definition) is 3. The van der Waals surface area contributed by atoms with E-state index in [0.717, 1.165) is 15.8 Å². The van der Waals surface area contributed by atoms with Gasteiger partial charge in [0.15, 0.2) is 0 Å². The average Bonchev–Trinajstić information content (AvgIpc) is 2.21. The molecule has 4 heteroatoms. The number of ether oxygens (including phenoxy) is 2. The Balaban J connectivity index is 3.44.